The van der Waals surface area contributed by atoms with Crippen molar-refractivity contribution >= 4 is 11.8 Å². The molecule has 0 unspecified atom stereocenters. The summed E-state index contributed by atoms with van der Waals surface area (Å²) in [5.74, 6) is -0.167. The summed E-state index contributed by atoms with van der Waals surface area (Å²) in [7, 11) is 0. The van der Waals surface area contributed by atoms with Crippen LogP contribution >= 0.6 is 0 Å². The number of carboxylic acids is 1. The highest BCUT2D eigenvalue weighted by atomic mass is 16.4. The molecular formula is C21H28O4. The smallest absolute Gasteiger partial charge is 0.307 e. The summed E-state index contributed by atoms with van der Waals surface area (Å²) < 4.78 is 0. The second-order valence-corrected chi connectivity index (χ2v) is 9.33. The number of hydrogen-bond donors (Lipinski definition) is 2. The van der Waals surface area contributed by atoms with Crippen molar-refractivity contribution < 1.29 is 19.8 Å². The minimum Gasteiger partial charge on any atom is -0.481 e. The van der Waals surface area contributed by atoms with Gasteiger partial charge in [-0.25, -0.2) is 0 Å². The average Bonchev–Trinajstić information content (AvgIpc) is 2.77. The minimum absolute atomic E-state index is 0.0430. The van der Waals surface area contributed by atoms with E-state index < -0.39 is 12.1 Å². The van der Waals surface area contributed by atoms with E-state index in [1.807, 2.05) is 6.08 Å². The number of carbonyl (C=O) groups is 2. The Morgan fingerprint density at radius 1 is 1.32 bits per heavy atom. The number of ketones is 1. The molecule has 0 spiro atoms. The van der Waals surface area contributed by atoms with E-state index in [-0.39, 0.29) is 34.4 Å². The number of hydrogen-bond acceptors (Lipinski definition) is 3. The SMILES string of the molecule is C[C@@H]1C[C@H]2[C@@H]3CCC4=CC(=O)C=C[C@]4(C)[C@H]3[C@@H](O)C[C@]2(C)[C@H]1C(=O)O. The Labute approximate surface area is 149 Å². The highest BCUT2D eigenvalue weighted by molar-refractivity contribution is 6.01. The lowest BCUT2D eigenvalue weighted by Gasteiger charge is -2.58. The maximum atomic E-state index is 11.9. The molecule has 136 valence electrons. The van der Waals surface area contributed by atoms with Gasteiger partial charge in [0, 0.05) is 11.3 Å². The molecule has 4 nitrogen and oxygen atoms in total. The fourth-order valence-corrected chi connectivity index (χ4v) is 7.22. The van der Waals surface area contributed by atoms with Gasteiger partial charge in [0.15, 0.2) is 5.78 Å². The van der Waals surface area contributed by atoms with E-state index in [9.17, 15) is 19.8 Å². The lowest BCUT2D eigenvalue weighted by molar-refractivity contribution is -0.156. The van der Waals surface area contributed by atoms with Crippen LogP contribution in [0.15, 0.2) is 23.8 Å². The molecule has 0 aromatic heterocycles. The largest absolute Gasteiger partial charge is 0.481 e. The first-order valence-electron chi connectivity index (χ1n) is 9.53. The van der Waals surface area contributed by atoms with Crippen LogP contribution in [0.2, 0.25) is 0 Å². The molecule has 0 radical (unpaired) electrons. The van der Waals surface area contributed by atoms with Gasteiger partial charge in [-0.2, -0.15) is 0 Å². The van der Waals surface area contributed by atoms with E-state index in [1.54, 1.807) is 12.2 Å². The van der Waals surface area contributed by atoms with Gasteiger partial charge in [-0.15, -0.1) is 0 Å². The standard InChI is InChI=1S/C21H28O4/c1-11-8-15-14-5-4-12-9-13(22)6-7-20(12,2)18(14)16(23)10-21(15,3)17(11)19(24)25/h6-7,9,11,14-18,23H,4-5,8,10H2,1-3H3,(H,24,25)/t11-,14+,15+,16+,17-,18-,20+,21+/m1/s1. The summed E-state index contributed by atoms with van der Waals surface area (Å²) in [6.07, 6.45) is 8.18. The van der Waals surface area contributed by atoms with Gasteiger partial charge in [-0.1, -0.05) is 32.4 Å². The quantitative estimate of drug-likeness (QED) is 0.766. The van der Waals surface area contributed by atoms with Crippen LogP contribution in [0, 0.1) is 40.4 Å². The zero-order valence-electron chi connectivity index (χ0n) is 15.2. The van der Waals surface area contributed by atoms with Gasteiger partial charge < -0.3 is 10.2 Å². The Bertz CT molecular complexity index is 692. The second kappa shape index (κ2) is 5.29. The van der Waals surface area contributed by atoms with Crippen molar-refractivity contribution in [1.82, 2.24) is 0 Å². The monoisotopic (exact) mass is 344 g/mol. The first-order valence-corrected chi connectivity index (χ1v) is 9.53. The third-order valence-corrected chi connectivity index (χ3v) is 8.10. The Kier molecular flexibility index (Phi) is 3.60. The van der Waals surface area contributed by atoms with Crippen LogP contribution in [-0.4, -0.2) is 28.1 Å². The van der Waals surface area contributed by atoms with Gasteiger partial charge in [0.2, 0.25) is 0 Å². The molecule has 0 bridgehead atoms. The van der Waals surface area contributed by atoms with Crippen molar-refractivity contribution in [3.05, 3.63) is 23.8 Å². The molecule has 4 heteroatoms. The number of allylic oxidation sites excluding steroid dienone is 4. The lowest BCUT2D eigenvalue weighted by Crippen LogP contribution is -2.56. The van der Waals surface area contributed by atoms with Crippen molar-refractivity contribution in [1.29, 1.82) is 0 Å². The molecule has 0 aromatic carbocycles. The van der Waals surface area contributed by atoms with E-state index in [1.165, 1.54) is 0 Å². The molecule has 0 aromatic rings. The molecule has 2 N–H and O–H groups in total. The molecule has 4 aliphatic rings. The Morgan fingerprint density at radius 2 is 2.04 bits per heavy atom. The number of aliphatic hydroxyl groups excluding tert-OH is 1. The maximum Gasteiger partial charge on any atom is 0.307 e. The van der Waals surface area contributed by atoms with E-state index >= 15 is 0 Å². The molecule has 8 atom stereocenters. The van der Waals surface area contributed by atoms with Crippen LogP contribution in [0.3, 0.4) is 0 Å². The molecule has 3 fully saturated rings. The maximum absolute atomic E-state index is 11.9. The van der Waals surface area contributed by atoms with Crippen LogP contribution < -0.4 is 0 Å². The highest BCUT2D eigenvalue weighted by Gasteiger charge is 2.64. The van der Waals surface area contributed by atoms with Gasteiger partial charge in [-0.3, -0.25) is 9.59 Å². The lowest BCUT2D eigenvalue weighted by atomic mass is 9.47. The van der Waals surface area contributed by atoms with Crippen molar-refractivity contribution in [2.45, 2.75) is 52.6 Å². The van der Waals surface area contributed by atoms with E-state index in [4.69, 9.17) is 0 Å². The van der Waals surface area contributed by atoms with E-state index in [0.29, 0.717) is 18.3 Å². The third-order valence-electron chi connectivity index (χ3n) is 8.10. The first-order chi connectivity index (χ1) is 11.7. The molecular weight excluding hydrogens is 316 g/mol. The predicted molar refractivity (Wildman–Crippen MR) is 93.7 cm³/mol. The fraction of sp³-hybridized carbons (Fsp3) is 0.714. The van der Waals surface area contributed by atoms with Crippen LogP contribution in [0.4, 0.5) is 0 Å². The van der Waals surface area contributed by atoms with Gasteiger partial charge in [0.25, 0.3) is 0 Å². The van der Waals surface area contributed by atoms with Gasteiger partial charge >= 0.3 is 5.97 Å². The predicted octanol–water partition coefficient (Wildman–Crippen LogP) is 3.21. The number of carbonyl (C=O) groups excluding carboxylic acids is 1. The van der Waals surface area contributed by atoms with E-state index in [0.717, 1.165) is 24.8 Å². The molecule has 3 saturated carbocycles. The van der Waals surface area contributed by atoms with Crippen molar-refractivity contribution in [2.75, 3.05) is 0 Å². The molecule has 0 heterocycles. The molecule has 0 amide bonds. The summed E-state index contributed by atoms with van der Waals surface area (Å²) >= 11 is 0. The fourth-order valence-electron chi connectivity index (χ4n) is 7.22. The Balaban J connectivity index is 1.76. The van der Waals surface area contributed by atoms with Gasteiger partial charge in [-0.05, 0) is 61.0 Å². The average molecular weight is 344 g/mol. The van der Waals surface area contributed by atoms with Gasteiger partial charge in [0.1, 0.15) is 0 Å². The Hall–Kier alpha value is -1.42. The van der Waals surface area contributed by atoms with Crippen LogP contribution in [0.5, 0.6) is 0 Å². The molecule has 4 rings (SSSR count). The summed E-state index contributed by atoms with van der Waals surface area (Å²) in [5, 5.41) is 20.9. The third kappa shape index (κ3) is 2.16. The van der Waals surface area contributed by atoms with Crippen molar-refractivity contribution in [3.63, 3.8) is 0 Å². The normalized spacial score (nSPS) is 51.4. The molecule has 4 aliphatic carbocycles. The number of fused-ring (bicyclic) bond motifs is 5. The highest BCUT2D eigenvalue weighted by Crippen LogP contribution is 2.67. The summed E-state index contributed by atoms with van der Waals surface area (Å²) in [5.41, 5.74) is 0.532. The summed E-state index contributed by atoms with van der Waals surface area (Å²) in [6.45, 7) is 6.30. The van der Waals surface area contributed by atoms with Crippen molar-refractivity contribution in [3.8, 4) is 0 Å². The molecule has 0 saturated heterocycles. The topological polar surface area (TPSA) is 74.6 Å². The zero-order valence-corrected chi connectivity index (χ0v) is 15.2. The summed E-state index contributed by atoms with van der Waals surface area (Å²) in [4.78, 5) is 23.7. The zero-order chi connectivity index (χ0) is 18.1. The van der Waals surface area contributed by atoms with Crippen LogP contribution in [0.25, 0.3) is 0 Å². The van der Waals surface area contributed by atoms with Crippen molar-refractivity contribution in [2.24, 2.45) is 40.4 Å². The number of aliphatic hydroxyl groups is 1. The second-order valence-electron chi connectivity index (χ2n) is 9.33. The van der Waals surface area contributed by atoms with Crippen LogP contribution in [0.1, 0.15) is 46.5 Å². The number of aliphatic carboxylic acids is 1. The van der Waals surface area contributed by atoms with Crippen LogP contribution in [-0.2, 0) is 9.59 Å². The first kappa shape index (κ1) is 17.0. The molecule has 25 heavy (non-hydrogen) atoms. The van der Waals surface area contributed by atoms with Gasteiger partial charge in [0.05, 0.1) is 12.0 Å². The number of rotatable bonds is 1. The molecule has 0 aliphatic heterocycles. The minimum atomic E-state index is -0.714. The summed E-state index contributed by atoms with van der Waals surface area (Å²) in [6, 6.07) is 0. The Morgan fingerprint density at radius 3 is 2.72 bits per heavy atom. The number of carboxylic acid groups (broad SMARTS) is 1. The van der Waals surface area contributed by atoms with E-state index in [2.05, 4.69) is 20.8 Å².